The molecule has 3 unspecified atom stereocenters. The smallest absolute Gasteiger partial charge is 0.223 e. The Labute approximate surface area is 122 Å². The summed E-state index contributed by atoms with van der Waals surface area (Å²) in [7, 11) is -3.03. The van der Waals surface area contributed by atoms with E-state index in [9.17, 15) is 13.2 Å². The van der Waals surface area contributed by atoms with Crippen LogP contribution in [0.3, 0.4) is 0 Å². The van der Waals surface area contributed by atoms with Gasteiger partial charge in [-0.2, -0.15) is 0 Å². The number of sulfone groups is 1. The van der Waals surface area contributed by atoms with Gasteiger partial charge in [0.15, 0.2) is 9.84 Å². The van der Waals surface area contributed by atoms with Crippen LogP contribution in [0.5, 0.6) is 0 Å². The number of hydrogen-bond acceptors (Lipinski definition) is 4. The Hall–Kier alpha value is -0.620. The first-order valence-corrected chi connectivity index (χ1v) is 9.17. The summed E-state index contributed by atoms with van der Waals surface area (Å²) < 4.78 is 22.8. The van der Waals surface area contributed by atoms with Crippen LogP contribution in [0.15, 0.2) is 0 Å². The largest absolute Gasteiger partial charge is 0.355 e. The minimum atomic E-state index is -3.03. The van der Waals surface area contributed by atoms with Gasteiger partial charge in [0, 0.05) is 24.3 Å². The summed E-state index contributed by atoms with van der Waals surface area (Å²) in [5, 5.41) is 2.77. The molecule has 118 valence electrons. The Morgan fingerprint density at radius 3 is 2.50 bits per heavy atom. The molecule has 6 heteroatoms. The van der Waals surface area contributed by atoms with Crippen LogP contribution in [0.4, 0.5) is 0 Å². The predicted molar refractivity (Wildman–Crippen MR) is 81.0 cm³/mol. The molecule has 3 N–H and O–H groups in total. The zero-order valence-electron chi connectivity index (χ0n) is 13.0. The van der Waals surface area contributed by atoms with Crippen molar-refractivity contribution in [3.63, 3.8) is 0 Å². The van der Waals surface area contributed by atoms with Crippen molar-refractivity contribution in [1.82, 2.24) is 5.32 Å². The summed E-state index contributed by atoms with van der Waals surface area (Å²) in [6.07, 6.45) is 1.61. The third kappa shape index (κ3) is 3.95. The Balaban J connectivity index is 2.59. The van der Waals surface area contributed by atoms with Crippen LogP contribution in [-0.4, -0.2) is 38.4 Å². The zero-order chi connectivity index (χ0) is 15.6. The fourth-order valence-corrected chi connectivity index (χ4v) is 3.62. The normalized spacial score (nSPS) is 29.9. The molecule has 0 aliphatic heterocycles. The summed E-state index contributed by atoms with van der Waals surface area (Å²) in [4.78, 5) is 12.3. The second-order valence-corrected chi connectivity index (χ2v) is 8.90. The van der Waals surface area contributed by atoms with Crippen molar-refractivity contribution in [3.8, 4) is 0 Å². The molecule has 0 spiro atoms. The molecule has 0 saturated heterocycles. The molecular weight excluding hydrogens is 276 g/mol. The van der Waals surface area contributed by atoms with Gasteiger partial charge in [0.1, 0.15) is 0 Å². The molecule has 3 atom stereocenters. The Morgan fingerprint density at radius 1 is 1.35 bits per heavy atom. The summed E-state index contributed by atoms with van der Waals surface area (Å²) in [5.41, 5.74) is 5.92. The second kappa shape index (κ2) is 6.43. The first-order valence-electron chi connectivity index (χ1n) is 7.35. The molecule has 0 aromatic heterocycles. The molecule has 1 amide bonds. The zero-order valence-corrected chi connectivity index (χ0v) is 13.8. The lowest BCUT2D eigenvalue weighted by Crippen LogP contribution is -2.52. The highest BCUT2D eigenvalue weighted by atomic mass is 32.2. The number of nitrogens with two attached hydrogens (primary N) is 1. The van der Waals surface area contributed by atoms with Gasteiger partial charge in [0.2, 0.25) is 5.91 Å². The Kier molecular flexibility index (Phi) is 5.61. The Morgan fingerprint density at radius 2 is 1.95 bits per heavy atom. The van der Waals surface area contributed by atoms with Crippen molar-refractivity contribution in [2.24, 2.45) is 23.0 Å². The highest BCUT2D eigenvalue weighted by Crippen LogP contribution is 2.44. The fraction of sp³-hybridized carbons (Fsp3) is 0.929. The van der Waals surface area contributed by atoms with E-state index in [1.54, 1.807) is 6.92 Å². The lowest BCUT2D eigenvalue weighted by atomic mass is 9.61. The molecule has 5 nitrogen and oxygen atoms in total. The van der Waals surface area contributed by atoms with Crippen molar-refractivity contribution in [2.45, 2.75) is 46.6 Å². The van der Waals surface area contributed by atoms with Gasteiger partial charge >= 0.3 is 0 Å². The maximum absolute atomic E-state index is 12.3. The van der Waals surface area contributed by atoms with Crippen LogP contribution < -0.4 is 11.1 Å². The summed E-state index contributed by atoms with van der Waals surface area (Å²) in [5.74, 6) is 0.259. The Bertz CT molecular complexity index is 445. The van der Waals surface area contributed by atoms with Crippen molar-refractivity contribution in [1.29, 1.82) is 0 Å². The molecule has 1 fully saturated rings. The molecule has 1 rings (SSSR count). The van der Waals surface area contributed by atoms with Gasteiger partial charge in [0.05, 0.1) is 5.75 Å². The summed E-state index contributed by atoms with van der Waals surface area (Å²) in [6, 6.07) is 0.134. The van der Waals surface area contributed by atoms with Gasteiger partial charge in [-0.15, -0.1) is 0 Å². The van der Waals surface area contributed by atoms with E-state index in [1.807, 2.05) is 0 Å². The monoisotopic (exact) mass is 304 g/mol. The van der Waals surface area contributed by atoms with Crippen molar-refractivity contribution >= 4 is 15.7 Å². The molecule has 1 saturated carbocycles. The van der Waals surface area contributed by atoms with E-state index in [0.717, 1.165) is 12.8 Å². The topological polar surface area (TPSA) is 89.3 Å². The molecule has 1 aliphatic rings. The molecule has 0 bridgehead atoms. The first kappa shape index (κ1) is 17.4. The second-order valence-electron chi connectivity index (χ2n) is 6.43. The van der Waals surface area contributed by atoms with Crippen LogP contribution in [0.2, 0.25) is 0 Å². The molecule has 0 radical (unpaired) electrons. The summed E-state index contributed by atoms with van der Waals surface area (Å²) >= 11 is 0. The van der Waals surface area contributed by atoms with Gasteiger partial charge < -0.3 is 11.1 Å². The van der Waals surface area contributed by atoms with Gasteiger partial charge in [-0.1, -0.05) is 27.7 Å². The lowest BCUT2D eigenvalue weighted by Gasteiger charge is -2.46. The lowest BCUT2D eigenvalue weighted by molar-refractivity contribution is -0.132. The first-order chi connectivity index (χ1) is 9.12. The molecule has 20 heavy (non-hydrogen) atoms. The fourth-order valence-electron chi connectivity index (χ4n) is 2.92. The quantitative estimate of drug-likeness (QED) is 0.791. The third-order valence-electron chi connectivity index (χ3n) is 4.97. The van der Waals surface area contributed by atoms with E-state index in [-0.39, 0.29) is 47.3 Å². The summed E-state index contributed by atoms with van der Waals surface area (Å²) in [6.45, 7) is 8.05. The minimum absolute atomic E-state index is 0.0114. The van der Waals surface area contributed by atoms with E-state index in [4.69, 9.17) is 5.73 Å². The van der Waals surface area contributed by atoms with Crippen molar-refractivity contribution in [3.05, 3.63) is 0 Å². The predicted octanol–water partition coefficient (Wildman–Crippen LogP) is 0.937. The maximum atomic E-state index is 12.3. The maximum Gasteiger partial charge on any atom is 0.223 e. The highest BCUT2D eigenvalue weighted by molar-refractivity contribution is 7.91. The van der Waals surface area contributed by atoms with Gasteiger partial charge in [-0.25, -0.2) is 8.42 Å². The number of nitrogens with one attached hydrogen (secondary N) is 1. The molecule has 1 aliphatic carbocycles. The minimum Gasteiger partial charge on any atom is -0.355 e. The van der Waals surface area contributed by atoms with Crippen molar-refractivity contribution < 1.29 is 13.2 Å². The van der Waals surface area contributed by atoms with Gasteiger partial charge in [-0.05, 0) is 24.2 Å². The average Bonchev–Trinajstić information content (AvgIpc) is 2.35. The number of carbonyl (C=O) groups excluding carboxylic acids is 1. The molecule has 0 heterocycles. The van der Waals surface area contributed by atoms with Gasteiger partial charge in [-0.3, -0.25) is 4.79 Å². The van der Waals surface area contributed by atoms with E-state index in [0.29, 0.717) is 0 Å². The van der Waals surface area contributed by atoms with E-state index >= 15 is 0 Å². The highest BCUT2D eigenvalue weighted by Gasteiger charge is 2.44. The number of hydrogen-bond donors (Lipinski definition) is 2. The third-order valence-corrected chi connectivity index (χ3v) is 6.68. The number of carbonyl (C=O) groups is 1. The van der Waals surface area contributed by atoms with Crippen molar-refractivity contribution in [2.75, 3.05) is 18.1 Å². The van der Waals surface area contributed by atoms with Gasteiger partial charge in [0.25, 0.3) is 0 Å². The average molecular weight is 304 g/mol. The van der Waals surface area contributed by atoms with Crippen LogP contribution in [0, 0.1) is 17.3 Å². The van der Waals surface area contributed by atoms with E-state index < -0.39 is 9.84 Å². The number of amides is 1. The van der Waals surface area contributed by atoms with Crippen LogP contribution >= 0.6 is 0 Å². The number of rotatable bonds is 5. The van der Waals surface area contributed by atoms with Crippen LogP contribution in [-0.2, 0) is 14.6 Å². The van der Waals surface area contributed by atoms with E-state index in [2.05, 4.69) is 26.1 Å². The van der Waals surface area contributed by atoms with Crippen LogP contribution in [0.25, 0.3) is 0 Å². The molecule has 0 aromatic rings. The SMILES string of the molecule is CCS(=O)(=O)CCNC(=O)C1CCC(N)C(C)C1(C)C. The standard InChI is InChI=1S/C14H28N2O3S/c1-5-20(18,19)9-8-16-13(17)11-6-7-12(15)10(2)14(11,3)4/h10-12H,5-9,15H2,1-4H3,(H,16,17). The molecule has 0 aromatic carbocycles. The van der Waals surface area contributed by atoms with Crippen LogP contribution in [0.1, 0.15) is 40.5 Å². The molecular formula is C14H28N2O3S. The van der Waals surface area contributed by atoms with E-state index in [1.165, 1.54) is 0 Å².